The number of nitrogens with zero attached hydrogens (tertiary/aromatic N) is 2. The maximum atomic E-state index is 13.6. The minimum absolute atomic E-state index is 0.00606. The number of anilines is 4. The van der Waals surface area contributed by atoms with E-state index < -0.39 is 27.8 Å². The molecule has 4 aromatic rings. The van der Waals surface area contributed by atoms with Gasteiger partial charge in [-0.1, -0.05) is 18.2 Å². The van der Waals surface area contributed by atoms with Crippen LogP contribution in [-0.2, 0) is 19.6 Å². The Balaban J connectivity index is 1.57. The third-order valence-corrected chi connectivity index (χ3v) is 7.29. The number of fused-ring (bicyclic) bond motifs is 1. The van der Waals surface area contributed by atoms with Gasteiger partial charge in [0.1, 0.15) is 29.4 Å². The first-order valence-corrected chi connectivity index (χ1v) is 15.0. The number of rotatable bonds is 12. The SMILES string of the molecule is COc1cc(Nc2nc3ccccc3nc2NS(=O)(=O)c2cccc(NCC(C=O)NC(=O)OC(C)(C)C)c2)cc(OC)c1. The second-order valence-corrected chi connectivity index (χ2v) is 12.2. The van der Waals surface area contributed by atoms with Crippen LogP contribution in [0.4, 0.5) is 27.8 Å². The van der Waals surface area contributed by atoms with Gasteiger partial charge in [0, 0.05) is 36.1 Å². The van der Waals surface area contributed by atoms with Crippen LogP contribution in [0.3, 0.4) is 0 Å². The number of nitrogens with one attached hydrogen (secondary N) is 4. The number of methoxy groups -OCH3 is 2. The van der Waals surface area contributed by atoms with Gasteiger partial charge in [0.15, 0.2) is 11.6 Å². The number of sulfonamides is 1. The van der Waals surface area contributed by atoms with Crippen LogP contribution in [0.25, 0.3) is 11.0 Å². The molecule has 232 valence electrons. The van der Waals surface area contributed by atoms with Crippen LogP contribution in [0.15, 0.2) is 71.6 Å². The summed E-state index contributed by atoms with van der Waals surface area (Å²) in [5.41, 5.74) is 1.22. The number of alkyl carbamates (subject to hydrolysis) is 1. The van der Waals surface area contributed by atoms with E-state index in [0.29, 0.717) is 40.2 Å². The molecule has 44 heavy (non-hydrogen) atoms. The molecule has 0 radical (unpaired) electrons. The maximum Gasteiger partial charge on any atom is 0.408 e. The molecule has 1 amide bonds. The van der Waals surface area contributed by atoms with E-state index in [-0.39, 0.29) is 23.1 Å². The molecule has 0 aliphatic carbocycles. The van der Waals surface area contributed by atoms with E-state index in [9.17, 15) is 18.0 Å². The van der Waals surface area contributed by atoms with Gasteiger partial charge >= 0.3 is 6.09 Å². The summed E-state index contributed by atoms with van der Waals surface area (Å²) in [4.78, 5) is 32.6. The average Bonchev–Trinajstić information content (AvgIpc) is 2.98. The maximum absolute atomic E-state index is 13.6. The third-order valence-electron chi connectivity index (χ3n) is 5.95. The van der Waals surface area contributed by atoms with Crippen molar-refractivity contribution in [2.24, 2.45) is 0 Å². The molecule has 0 fully saturated rings. The lowest BCUT2D eigenvalue weighted by atomic mass is 10.2. The average molecular weight is 623 g/mol. The lowest BCUT2D eigenvalue weighted by Gasteiger charge is -2.21. The summed E-state index contributed by atoms with van der Waals surface area (Å²) in [5, 5.41) is 8.56. The van der Waals surface area contributed by atoms with Crippen LogP contribution >= 0.6 is 0 Å². The van der Waals surface area contributed by atoms with Gasteiger partial charge in [0.05, 0.1) is 30.1 Å². The Morgan fingerprint density at radius 1 is 0.886 bits per heavy atom. The number of para-hydroxylation sites is 2. The summed E-state index contributed by atoms with van der Waals surface area (Å²) < 4.78 is 45.5. The molecule has 13 nitrogen and oxygen atoms in total. The molecule has 0 aliphatic heterocycles. The quantitative estimate of drug-likeness (QED) is 0.162. The lowest BCUT2D eigenvalue weighted by molar-refractivity contribution is -0.109. The molecular formula is C30H34N6O7S. The smallest absolute Gasteiger partial charge is 0.408 e. The second kappa shape index (κ2) is 13.5. The van der Waals surface area contributed by atoms with E-state index in [2.05, 4.69) is 30.6 Å². The third kappa shape index (κ3) is 8.47. The molecule has 1 heterocycles. The Hall–Kier alpha value is -5.11. The molecule has 0 saturated carbocycles. The Labute approximate surface area is 255 Å². The van der Waals surface area contributed by atoms with Gasteiger partial charge in [-0.25, -0.2) is 23.2 Å². The predicted octanol–water partition coefficient (Wildman–Crippen LogP) is 4.70. The highest BCUT2D eigenvalue weighted by atomic mass is 32.2. The van der Waals surface area contributed by atoms with Crippen molar-refractivity contribution in [1.29, 1.82) is 0 Å². The van der Waals surface area contributed by atoms with Crippen molar-refractivity contribution >= 4 is 56.4 Å². The van der Waals surface area contributed by atoms with Crippen molar-refractivity contribution in [2.45, 2.75) is 37.3 Å². The minimum Gasteiger partial charge on any atom is -0.497 e. The van der Waals surface area contributed by atoms with Gasteiger partial charge in [0.25, 0.3) is 10.0 Å². The van der Waals surface area contributed by atoms with Crippen molar-refractivity contribution in [3.8, 4) is 11.5 Å². The molecule has 1 unspecified atom stereocenters. The Kier molecular flexibility index (Phi) is 9.73. The van der Waals surface area contributed by atoms with E-state index in [1.165, 1.54) is 26.4 Å². The van der Waals surface area contributed by atoms with Crippen molar-refractivity contribution in [2.75, 3.05) is 36.1 Å². The zero-order valence-corrected chi connectivity index (χ0v) is 25.7. The van der Waals surface area contributed by atoms with Crippen molar-refractivity contribution in [1.82, 2.24) is 15.3 Å². The van der Waals surface area contributed by atoms with Crippen LogP contribution in [-0.4, -0.2) is 63.2 Å². The molecule has 1 atom stereocenters. The van der Waals surface area contributed by atoms with Gasteiger partial charge in [-0.3, -0.25) is 4.72 Å². The zero-order chi connectivity index (χ0) is 31.9. The van der Waals surface area contributed by atoms with Gasteiger partial charge < -0.3 is 35.0 Å². The van der Waals surface area contributed by atoms with Crippen molar-refractivity contribution < 1.29 is 32.2 Å². The molecule has 0 aliphatic rings. The standard InChI is InChI=1S/C30H34N6O7S/c1-30(2,3)43-29(38)33-21(18-37)17-31-19-9-8-10-24(15-19)44(39,40)36-28-27(34-25-11-6-7-12-26(25)35-28)32-20-13-22(41-4)16-23(14-20)42-5/h6-16,18,21,31H,17H2,1-5H3,(H,32,34)(H,33,38)(H,35,36). The highest BCUT2D eigenvalue weighted by molar-refractivity contribution is 7.92. The minimum atomic E-state index is -4.17. The zero-order valence-electron chi connectivity index (χ0n) is 24.9. The fourth-order valence-corrected chi connectivity index (χ4v) is 5.01. The summed E-state index contributed by atoms with van der Waals surface area (Å²) in [7, 11) is -1.13. The normalized spacial score (nSPS) is 12.1. The number of ether oxygens (including phenoxy) is 3. The topological polar surface area (TPSA) is 170 Å². The second-order valence-electron chi connectivity index (χ2n) is 10.5. The number of hydrogen-bond donors (Lipinski definition) is 4. The van der Waals surface area contributed by atoms with Gasteiger partial charge in [-0.2, -0.15) is 0 Å². The number of hydrogen-bond acceptors (Lipinski definition) is 11. The first-order valence-electron chi connectivity index (χ1n) is 13.5. The highest BCUT2D eigenvalue weighted by Gasteiger charge is 2.21. The van der Waals surface area contributed by atoms with Gasteiger partial charge in [0.2, 0.25) is 0 Å². The first kappa shape index (κ1) is 31.8. The number of amides is 1. The summed E-state index contributed by atoms with van der Waals surface area (Å²) in [6.07, 6.45) is -0.186. The van der Waals surface area contributed by atoms with Crippen LogP contribution in [0.1, 0.15) is 20.8 Å². The lowest BCUT2D eigenvalue weighted by Crippen LogP contribution is -2.43. The summed E-state index contributed by atoms with van der Waals surface area (Å²) in [5.74, 6) is 1.15. The Morgan fingerprint density at radius 3 is 2.11 bits per heavy atom. The summed E-state index contributed by atoms with van der Waals surface area (Å²) in [6, 6.07) is 17.2. The summed E-state index contributed by atoms with van der Waals surface area (Å²) >= 11 is 0. The van der Waals surface area contributed by atoms with Gasteiger partial charge in [-0.15, -0.1) is 0 Å². The molecule has 0 spiro atoms. The summed E-state index contributed by atoms with van der Waals surface area (Å²) in [6.45, 7) is 5.12. The van der Waals surface area contributed by atoms with Crippen molar-refractivity contribution in [3.05, 3.63) is 66.7 Å². The fourth-order valence-electron chi connectivity index (χ4n) is 3.95. The molecule has 4 rings (SSSR count). The largest absolute Gasteiger partial charge is 0.497 e. The molecule has 14 heteroatoms. The van der Waals surface area contributed by atoms with E-state index in [4.69, 9.17) is 14.2 Å². The van der Waals surface area contributed by atoms with E-state index in [0.717, 1.165) is 0 Å². The highest BCUT2D eigenvalue weighted by Crippen LogP contribution is 2.31. The fraction of sp³-hybridized carbons (Fsp3) is 0.267. The molecular weight excluding hydrogens is 588 g/mol. The number of carbonyl (C=O) groups is 2. The van der Waals surface area contributed by atoms with E-state index >= 15 is 0 Å². The van der Waals surface area contributed by atoms with Crippen LogP contribution in [0.2, 0.25) is 0 Å². The van der Waals surface area contributed by atoms with Crippen LogP contribution in [0, 0.1) is 0 Å². The molecule has 0 bridgehead atoms. The number of benzene rings is 3. The van der Waals surface area contributed by atoms with E-state index in [1.807, 2.05) is 0 Å². The van der Waals surface area contributed by atoms with Gasteiger partial charge in [-0.05, 0) is 51.1 Å². The van der Waals surface area contributed by atoms with E-state index in [1.54, 1.807) is 75.4 Å². The molecule has 1 aromatic heterocycles. The number of aldehydes is 1. The molecule has 3 aromatic carbocycles. The Bertz CT molecular complexity index is 1740. The molecule has 0 saturated heterocycles. The number of carbonyl (C=O) groups excluding carboxylic acids is 2. The Morgan fingerprint density at radius 2 is 1.52 bits per heavy atom. The molecule has 4 N–H and O–H groups in total. The number of aromatic nitrogens is 2. The first-order chi connectivity index (χ1) is 20.9. The predicted molar refractivity (Wildman–Crippen MR) is 167 cm³/mol. The van der Waals surface area contributed by atoms with Crippen molar-refractivity contribution in [3.63, 3.8) is 0 Å². The monoisotopic (exact) mass is 622 g/mol. The van der Waals surface area contributed by atoms with Crippen LogP contribution < -0.4 is 30.1 Å². The van der Waals surface area contributed by atoms with Crippen LogP contribution in [0.5, 0.6) is 11.5 Å².